The minimum absolute atomic E-state index is 0.189. The summed E-state index contributed by atoms with van der Waals surface area (Å²) in [5.74, 6) is 0.609. The SMILES string of the molecule is Cc1ncc(S)c(=O)[nH]1. The van der Waals surface area contributed by atoms with Gasteiger partial charge in [0.05, 0.1) is 4.90 Å². The van der Waals surface area contributed by atoms with Gasteiger partial charge in [-0.1, -0.05) is 0 Å². The van der Waals surface area contributed by atoms with E-state index < -0.39 is 0 Å². The van der Waals surface area contributed by atoms with E-state index in [2.05, 4.69) is 22.6 Å². The fourth-order valence-corrected chi connectivity index (χ4v) is 0.591. The van der Waals surface area contributed by atoms with E-state index in [1.54, 1.807) is 6.92 Å². The maximum absolute atomic E-state index is 10.7. The van der Waals surface area contributed by atoms with Crippen LogP contribution in [0.1, 0.15) is 5.82 Å². The van der Waals surface area contributed by atoms with Gasteiger partial charge in [-0.15, -0.1) is 12.6 Å². The van der Waals surface area contributed by atoms with Gasteiger partial charge in [0, 0.05) is 6.20 Å². The number of rotatable bonds is 0. The van der Waals surface area contributed by atoms with Gasteiger partial charge < -0.3 is 4.98 Å². The number of H-pyrrole nitrogens is 1. The molecular formula is C5H6N2OS. The van der Waals surface area contributed by atoms with Crippen molar-refractivity contribution in [3.8, 4) is 0 Å². The average molecular weight is 142 g/mol. The van der Waals surface area contributed by atoms with Gasteiger partial charge in [-0.2, -0.15) is 0 Å². The van der Waals surface area contributed by atoms with Gasteiger partial charge in [-0.25, -0.2) is 4.98 Å². The maximum Gasteiger partial charge on any atom is 0.264 e. The number of nitrogens with one attached hydrogen (secondary N) is 1. The Labute approximate surface area is 57.6 Å². The summed E-state index contributed by atoms with van der Waals surface area (Å²) < 4.78 is 0. The number of nitrogens with zero attached hydrogens (tertiary/aromatic N) is 1. The average Bonchev–Trinajstić information content (AvgIpc) is 1.80. The van der Waals surface area contributed by atoms with E-state index >= 15 is 0 Å². The third-order valence-electron chi connectivity index (χ3n) is 0.908. The Morgan fingerprint density at radius 3 is 2.89 bits per heavy atom. The first kappa shape index (κ1) is 6.35. The van der Waals surface area contributed by atoms with E-state index in [-0.39, 0.29) is 5.56 Å². The third kappa shape index (κ3) is 1.32. The Morgan fingerprint density at radius 1 is 1.78 bits per heavy atom. The smallest absolute Gasteiger partial charge is 0.264 e. The van der Waals surface area contributed by atoms with Gasteiger partial charge in [0.1, 0.15) is 5.82 Å². The van der Waals surface area contributed by atoms with Gasteiger partial charge in [0.2, 0.25) is 0 Å². The van der Waals surface area contributed by atoms with E-state index in [9.17, 15) is 4.79 Å². The summed E-state index contributed by atoms with van der Waals surface area (Å²) in [7, 11) is 0. The molecule has 1 heterocycles. The van der Waals surface area contributed by atoms with Gasteiger partial charge in [0.15, 0.2) is 0 Å². The monoisotopic (exact) mass is 142 g/mol. The van der Waals surface area contributed by atoms with Crippen LogP contribution in [0.15, 0.2) is 15.9 Å². The van der Waals surface area contributed by atoms with Crippen molar-refractivity contribution in [1.29, 1.82) is 0 Å². The van der Waals surface area contributed by atoms with E-state index in [4.69, 9.17) is 0 Å². The van der Waals surface area contributed by atoms with Crippen molar-refractivity contribution in [2.75, 3.05) is 0 Å². The summed E-state index contributed by atoms with van der Waals surface area (Å²) in [4.78, 5) is 17.3. The van der Waals surface area contributed by atoms with Crippen molar-refractivity contribution in [3.05, 3.63) is 22.4 Å². The van der Waals surface area contributed by atoms with Crippen LogP contribution in [-0.2, 0) is 0 Å². The molecule has 0 saturated heterocycles. The third-order valence-corrected chi connectivity index (χ3v) is 1.23. The highest BCUT2D eigenvalue weighted by molar-refractivity contribution is 7.80. The number of aromatic nitrogens is 2. The molecule has 1 N–H and O–H groups in total. The second-order valence-electron chi connectivity index (χ2n) is 1.68. The van der Waals surface area contributed by atoms with Gasteiger partial charge >= 0.3 is 0 Å². The highest BCUT2D eigenvalue weighted by atomic mass is 32.1. The Bertz CT molecular complexity index is 268. The van der Waals surface area contributed by atoms with Crippen molar-refractivity contribution in [3.63, 3.8) is 0 Å². The summed E-state index contributed by atoms with van der Waals surface area (Å²) in [5, 5.41) is 0. The molecule has 0 unspecified atom stereocenters. The van der Waals surface area contributed by atoms with Gasteiger partial charge in [-0.3, -0.25) is 4.79 Å². The van der Waals surface area contributed by atoms with Crippen molar-refractivity contribution in [2.45, 2.75) is 11.8 Å². The van der Waals surface area contributed by atoms with Crippen LogP contribution in [0, 0.1) is 6.92 Å². The zero-order chi connectivity index (χ0) is 6.85. The molecule has 1 aromatic rings. The quantitative estimate of drug-likeness (QED) is 0.514. The maximum atomic E-state index is 10.7. The largest absolute Gasteiger partial charge is 0.310 e. The summed E-state index contributed by atoms with van der Waals surface area (Å²) in [5.41, 5.74) is -0.189. The first-order chi connectivity index (χ1) is 4.20. The van der Waals surface area contributed by atoms with E-state index in [0.29, 0.717) is 10.7 Å². The summed E-state index contributed by atoms with van der Waals surface area (Å²) in [6, 6.07) is 0. The van der Waals surface area contributed by atoms with Crippen molar-refractivity contribution >= 4 is 12.6 Å². The van der Waals surface area contributed by atoms with E-state index in [1.807, 2.05) is 0 Å². The van der Waals surface area contributed by atoms with Crippen LogP contribution in [0.4, 0.5) is 0 Å². The van der Waals surface area contributed by atoms with Crippen LogP contribution in [0.5, 0.6) is 0 Å². The lowest BCUT2D eigenvalue weighted by Gasteiger charge is -1.89. The molecule has 1 aromatic heterocycles. The summed E-state index contributed by atoms with van der Waals surface area (Å²) >= 11 is 3.84. The zero-order valence-corrected chi connectivity index (χ0v) is 5.77. The first-order valence-corrected chi connectivity index (χ1v) is 2.90. The van der Waals surface area contributed by atoms with E-state index in [1.165, 1.54) is 6.20 Å². The van der Waals surface area contributed by atoms with Crippen molar-refractivity contribution in [1.82, 2.24) is 9.97 Å². The Balaban J connectivity index is 3.34. The Morgan fingerprint density at radius 2 is 2.44 bits per heavy atom. The van der Waals surface area contributed by atoms with Crippen molar-refractivity contribution in [2.24, 2.45) is 0 Å². The second-order valence-corrected chi connectivity index (χ2v) is 2.16. The van der Waals surface area contributed by atoms with Gasteiger partial charge in [-0.05, 0) is 6.92 Å². The molecule has 0 radical (unpaired) electrons. The van der Waals surface area contributed by atoms with Crippen LogP contribution in [0.25, 0.3) is 0 Å². The van der Waals surface area contributed by atoms with Crippen molar-refractivity contribution < 1.29 is 0 Å². The zero-order valence-electron chi connectivity index (χ0n) is 4.88. The number of thiol groups is 1. The molecule has 0 aliphatic carbocycles. The molecule has 3 nitrogen and oxygen atoms in total. The molecule has 9 heavy (non-hydrogen) atoms. The molecule has 4 heteroatoms. The molecule has 0 spiro atoms. The molecule has 0 aliphatic rings. The molecule has 0 fully saturated rings. The fraction of sp³-hybridized carbons (Fsp3) is 0.200. The lowest BCUT2D eigenvalue weighted by atomic mass is 10.6. The Kier molecular flexibility index (Phi) is 1.57. The van der Waals surface area contributed by atoms with E-state index in [0.717, 1.165) is 0 Å². The predicted octanol–water partition coefficient (Wildman–Crippen LogP) is 0.367. The highest BCUT2D eigenvalue weighted by Gasteiger charge is 1.91. The Hall–Kier alpha value is -0.770. The number of aromatic amines is 1. The first-order valence-electron chi connectivity index (χ1n) is 2.45. The van der Waals surface area contributed by atoms with Crippen LogP contribution >= 0.6 is 12.6 Å². The molecule has 0 aromatic carbocycles. The molecular weight excluding hydrogens is 136 g/mol. The number of hydrogen-bond acceptors (Lipinski definition) is 3. The van der Waals surface area contributed by atoms with Crippen LogP contribution in [-0.4, -0.2) is 9.97 Å². The normalized spacial score (nSPS) is 9.56. The molecule has 0 amide bonds. The minimum atomic E-state index is -0.189. The topological polar surface area (TPSA) is 45.8 Å². The lowest BCUT2D eigenvalue weighted by molar-refractivity contribution is 0.968. The molecule has 0 bridgehead atoms. The summed E-state index contributed by atoms with van der Waals surface area (Å²) in [6.45, 7) is 1.72. The molecule has 0 aliphatic heterocycles. The van der Waals surface area contributed by atoms with Gasteiger partial charge in [0.25, 0.3) is 5.56 Å². The molecule has 0 atom stereocenters. The summed E-state index contributed by atoms with van der Waals surface area (Å²) in [6.07, 6.45) is 1.43. The van der Waals surface area contributed by atoms with Crippen LogP contribution < -0.4 is 5.56 Å². The van der Waals surface area contributed by atoms with Crippen LogP contribution in [0.2, 0.25) is 0 Å². The number of aryl methyl sites for hydroxylation is 1. The predicted molar refractivity (Wildman–Crippen MR) is 36.8 cm³/mol. The lowest BCUT2D eigenvalue weighted by Crippen LogP contribution is -2.08. The molecule has 48 valence electrons. The standard InChI is InChI=1S/C5H6N2OS/c1-3-6-2-4(9)5(8)7-3/h2,9H,1H3,(H,6,7,8). The minimum Gasteiger partial charge on any atom is -0.310 e. The number of hydrogen-bond donors (Lipinski definition) is 2. The molecule has 0 saturated carbocycles. The molecule has 1 rings (SSSR count). The highest BCUT2D eigenvalue weighted by Crippen LogP contribution is 1.91. The second kappa shape index (κ2) is 2.23. The van der Waals surface area contributed by atoms with Crippen LogP contribution in [0.3, 0.4) is 0 Å². The fourth-order valence-electron chi connectivity index (χ4n) is 0.477.